The van der Waals surface area contributed by atoms with E-state index in [4.69, 9.17) is 4.74 Å². The van der Waals surface area contributed by atoms with Crippen molar-refractivity contribution in [2.24, 2.45) is 0 Å². The first kappa shape index (κ1) is 15.2. The minimum Gasteiger partial charge on any atom is -0.444 e. The zero-order chi connectivity index (χ0) is 12.9. The molecule has 0 spiro atoms. The van der Waals surface area contributed by atoms with Gasteiger partial charge in [0.15, 0.2) is 0 Å². The van der Waals surface area contributed by atoms with Crippen LogP contribution in [0.25, 0.3) is 0 Å². The van der Waals surface area contributed by atoms with Gasteiger partial charge in [0.25, 0.3) is 0 Å². The molecule has 4 heteroatoms. The molecular formula is C12H26N2O2. The lowest BCUT2D eigenvalue weighted by Gasteiger charge is -2.32. The third-order valence-electron chi connectivity index (χ3n) is 2.13. The molecule has 0 aromatic rings. The number of likely N-dealkylation sites (N-methyl/N-ethyl adjacent to an activating group) is 2. The SMILES string of the molecule is CCN(C(=O)OC(C)(C)C)C(C)CN(C)C. The molecular weight excluding hydrogens is 204 g/mol. The van der Waals surface area contributed by atoms with E-state index in [1.165, 1.54) is 0 Å². The van der Waals surface area contributed by atoms with Crippen molar-refractivity contribution in [3.8, 4) is 0 Å². The number of nitrogens with zero attached hydrogens (tertiary/aromatic N) is 2. The van der Waals surface area contributed by atoms with E-state index in [2.05, 4.69) is 4.90 Å². The molecule has 0 rings (SSSR count). The van der Waals surface area contributed by atoms with Crippen LogP contribution in [-0.4, -0.2) is 54.7 Å². The molecule has 0 fully saturated rings. The second-order valence-electron chi connectivity index (χ2n) is 5.38. The molecule has 0 aliphatic heterocycles. The monoisotopic (exact) mass is 230 g/mol. The van der Waals surface area contributed by atoms with Crippen LogP contribution >= 0.6 is 0 Å². The molecule has 0 heterocycles. The first-order valence-electron chi connectivity index (χ1n) is 5.81. The van der Waals surface area contributed by atoms with Crippen molar-refractivity contribution in [3.05, 3.63) is 0 Å². The minimum atomic E-state index is -0.428. The van der Waals surface area contributed by atoms with Gasteiger partial charge in [-0.3, -0.25) is 0 Å². The molecule has 1 amide bonds. The Morgan fingerprint density at radius 3 is 2.12 bits per heavy atom. The van der Waals surface area contributed by atoms with Crippen LogP contribution in [0.1, 0.15) is 34.6 Å². The van der Waals surface area contributed by atoms with Gasteiger partial charge in [-0.25, -0.2) is 4.79 Å². The summed E-state index contributed by atoms with van der Waals surface area (Å²) >= 11 is 0. The predicted molar refractivity (Wildman–Crippen MR) is 66.6 cm³/mol. The summed E-state index contributed by atoms with van der Waals surface area (Å²) in [4.78, 5) is 15.7. The van der Waals surface area contributed by atoms with Gasteiger partial charge in [0, 0.05) is 19.1 Å². The van der Waals surface area contributed by atoms with Crippen LogP contribution in [0.5, 0.6) is 0 Å². The van der Waals surface area contributed by atoms with Gasteiger partial charge in [-0.05, 0) is 48.7 Å². The maximum Gasteiger partial charge on any atom is 0.410 e. The number of amides is 1. The van der Waals surface area contributed by atoms with Gasteiger partial charge in [-0.1, -0.05) is 0 Å². The molecule has 1 atom stereocenters. The van der Waals surface area contributed by atoms with Crippen molar-refractivity contribution < 1.29 is 9.53 Å². The van der Waals surface area contributed by atoms with Crippen LogP contribution in [0.4, 0.5) is 4.79 Å². The average Bonchev–Trinajstić information content (AvgIpc) is 1.99. The van der Waals surface area contributed by atoms with Crippen molar-refractivity contribution in [2.45, 2.75) is 46.3 Å². The van der Waals surface area contributed by atoms with E-state index in [9.17, 15) is 4.79 Å². The molecule has 0 bridgehead atoms. The Kier molecular flexibility index (Phi) is 5.79. The van der Waals surface area contributed by atoms with Crippen LogP contribution in [0.2, 0.25) is 0 Å². The fourth-order valence-electron chi connectivity index (χ4n) is 1.57. The van der Waals surface area contributed by atoms with E-state index in [1.807, 2.05) is 48.7 Å². The fraction of sp³-hybridized carbons (Fsp3) is 0.917. The van der Waals surface area contributed by atoms with E-state index in [0.29, 0.717) is 6.54 Å². The van der Waals surface area contributed by atoms with E-state index in [-0.39, 0.29) is 12.1 Å². The van der Waals surface area contributed by atoms with Gasteiger partial charge in [-0.15, -0.1) is 0 Å². The maximum absolute atomic E-state index is 11.9. The minimum absolute atomic E-state index is 0.162. The number of carbonyl (C=O) groups excluding carboxylic acids is 1. The first-order chi connectivity index (χ1) is 7.17. The molecule has 0 saturated carbocycles. The molecule has 4 nitrogen and oxygen atoms in total. The van der Waals surface area contributed by atoms with E-state index < -0.39 is 5.60 Å². The first-order valence-corrected chi connectivity index (χ1v) is 5.81. The van der Waals surface area contributed by atoms with E-state index in [0.717, 1.165) is 6.54 Å². The lowest BCUT2D eigenvalue weighted by atomic mass is 10.2. The number of carbonyl (C=O) groups is 1. The van der Waals surface area contributed by atoms with Crippen molar-refractivity contribution in [1.29, 1.82) is 0 Å². The van der Waals surface area contributed by atoms with Crippen molar-refractivity contribution in [1.82, 2.24) is 9.80 Å². The fourth-order valence-corrected chi connectivity index (χ4v) is 1.57. The zero-order valence-electron chi connectivity index (χ0n) is 11.7. The lowest BCUT2D eigenvalue weighted by Crippen LogP contribution is -2.45. The van der Waals surface area contributed by atoms with E-state index >= 15 is 0 Å². The number of hydrogen-bond donors (Lipinski definition) is 0. The molecule has 0 saturated heterocycles. The van der Waals surface area contributed by atoms with Gasteiger partial charge >= 0.3 is 6.09 Å². The Morgan fingerprint density at radius 2 is 1.81 bits per heavy atom. The van der Waals surface area contributed by atoms with Crippen LogP contribution in [0, 0.1) is 0 Å². The summed E-state index contributed by atoms with van der Waals surface area (Å²) in [6, 6.07) is 0.162. The molecule has 1 unspecified atom stereocenters. The molecule has 0 aliphatic rings. The van der Waals surface area contributed by atoms with E-state index in [1.54, 1.807) is 4.90 Å². The summed E-state index contributed by atoms with van der Waals surface area (Å²) in [5.74, 6) is 0. The van der Waals surface area contributed by atoms with Gasteiger partial charge in [0.1, 0.15) is 5.60 Å². The topological polar surface area (TPSA) is 32.8 Å². The molecule has 0 radical (unpaired) electrons. The second-order valence-corrected chi connectivity index (χ2v) is 5.38. The maximum atomic E-state index is 11.9. The third-order valence-corrected chi connectivity index (χ3v) is 2.13. The summed E-state index contributed by atoms with van der Waals surface area (Å²) < 4.78 is 5.36. The molecule has 96 valence electrons. The van der Waals surface area contributed by atoms with Crippen LogP contribution in [0.3, 0.4) is 0 Å². The van der Waals surface area contributed by atoms with Gasteiger partial charge in [0.05, 0.1) is 0 Å². The molecule has 0 N–H and O–H groups in total. The van der Waals surface area contributed by atoms with Crippen LogP contribution in [0.15, 0.2) is 0 Å². The quantitative estimate of drug-likeness (QED) is 0.742. The number of rotatable bonds is 4. The second kappa shape index (κ2) is 6.09. The van der Waals surface area contributed by atoms with Crippen molar-refractivity contribution in [3.63, 3.8) is 0 Å². The largest absolute Gasteiger partial charge is 0.444 e. The zero-order valence-corrected chi connectivity index (χ0v) is 11.7. The Balaban J connectivity index is 4.42. The highest BCUT2D eigenvalue weighted by Gasteiger charge is 2.24. The molecule has 16 heavy (non-hydrogen) atoms. The Bertz CT molecular complexity index is 222. The van der Waals surface area contributed by atoms with Crippen LogP contribution < -0.4 is 0 Å². The van der Waals surface area contributed by atoms with Crippen molar-refractivity contribution in [2.75, 3.05) is 27.2 Å². The predicted octanol–water partition coefficient (Wildman–Crippen LogP) is 2.19. The molecule has 0 aliphatic carbocycles. The van der Waals surface area contributed by atoms with Crippen molar-refractivity contribution >= 4 is 6.09 Å². The summed E-state index contributed by atoms with van der Waals surface area (Å²) in [6.07, 6.45) is -0.232. The number of hydrogen-bond acceptors (Lipinski definition) is 3. The summed E-state index contributed by atoms with van der Waals surface area (Å²) in [7, 11) is 4.00. The van der Waals surface area contributed by atoms with Gasteiger partial charge in [-0.2, -0.15) is 0 Å². The normalized spacial score (nSPS) is 13.8. The highest BCUT2D eigenvalue weighted by molar-refractivity contribution is 5.68. The molecule has 0 aromatic carbocycles. The van der Waals surface area contributed by atoms with Gasteiger partial charge < -0.3 is 14.5 Å². The average molecular weight is 230 g/mol. The summed E-state index contributed by atoms with van der Waals surface area (Å²) in [5, 5.41) is 0. The highest BCUT2D eigenvalue weighted by Crippen LogP contribution is 2.12. The lowest BCUT2D eigenvalue weighted by molar-refractivity contribution is 0.0168. The standard InChI is InChI=1S/C12H26N2O2/c1-8-14(10(2)9-13(6)7)11(15)16-12(3,4)5/h10H,8-9H2,1-7H3. The van der Waals surface area contributed by atoms with Crippen LogP contribution in [-0.2, 0) is 4.74 Å². The summed E-state index contributed by atoms with van der Waals surface area (Å²) in [5.41, 5.74) is -0.428. The molecule has 0 aromatic heterocycles. The Hall–Kier alpha value is -0.770. The highest BCUT2D eigenvalue weighted by atomic mass is 16.6. The number of ether oxygens (including phenoxy) is 1. The summed E-state index contributed by atoms with van der Waals surface area (Å²) in [6.45, 7) is 11.2. The smallest absolute Gasteiger partial charge is 0.410 e. The third kappa shape index (κ3) is 5.95. The van der Waals surface area contributed by atoms with Gasteiger partial charge in [0.2, 0.25) is 0 Å². The Labute approximate surface area is 99.5 Å². The Morgan fingerprint density at radius 1 is 1.31 bits per heavy atom.